The van der Waals surface area contributed by atoms with E-state index in [1.165, 1.54) is 18.2 Å². The van der Waals surface area contributed by atoms with Crippen LogP contribution in [0.1, 0.15) is 11.6 Å². The third-order valence-corrected chi connectivity index (χ3v) is 6.30. The number of hydrogen-bond acceptors (Lipinski definition) is 4. The highest BCUT2D eigenvalue weighted by Gasteiger charge is 2.21. The minimum absolute atomic E-state index is 0.175. The molecule has 0 radical (unpaired) electrons. The Hall–Kier alpha value is -0.990. The van der Waals surface area contributed by atoms with E-state index in [9.17, 15) is 12.8 Å². The summed E-state index contributed by atoms with van der Waals surface area (Å²) in [7, 11) is 0.0744. The Balaban J connectivity index is 2.14. The molecule has 0 saturated carbocycles. The number of nitrogens with one attached hydrogen (secondary N) is 1. The van der Waals surface area contributed by atoms with E-state index in [0.29, 0.717) is 4.34 Å². The van der Waals surface area contributed by atoms with Gasteiger partial charge in [-0.15, -0.1) is 11.3 Å². The van der Waals surface area contributed by atoms with E-state index in [4.69, 9.17) is 11.6 Å². The standard InChI is InChI=1S/C14H16ClFN2O2S2/c1-18(2)12(10-3-5-11(16)6-4-10)9-17-22(19,20)14-8-7-13(15)21-14/h3-8,12,17H,9H2,1-2H3. The highest BCUT2D eigenvalue weighted by atomic mass is 35.5. The van der Waals surface area contributed by atoms with Crippen molar-refractivity contribution >= 4 is 33.0 Å². The third-order valence-electron chi connectivity index (χ3n) is 3.16. The Labute approximate surface area is 138 Å². The summed E-state index contributed by atoms with van der Waals surface area (Å²) >= 11 is 6.78. The summed E-state index contributed by atoms with van der Waals surface area (Å²) < 4.78 is 40.6. The molecule has 0 bridgehead atoms. The molecule has 0 aliphatic rings. The minimum atomic E-state index is -3.60. The van der Waals surface area contributed by atoms with Crippen LogP contribution in [-0.4, -0.2) is 34.0 Å². The maximum absolute atomic E-state index is 13.0. The predicted octanol–water partition coefficient (Wildman–Crippen LogP) is 3.12. The molecule has 1 N–H and O–H groups in total. The molecule has 2 rings (SSSR count). The van der Waals surface area contributed by atoms with Gasteiger partial charge in [-0.3, -0.25) is 0 Å². The topological polar surface area (TPSA) is 49.4 Å². The van der Waals surface area contributed by atoms with Crippen LogP contribution in [0.3, 0.4) is 0 Å². The van der Waals surface area contributed by atoms with E-state index in [1.54, 1.807) is 18.2 Å². The number of nitrogens with zero attached hydrogens (tertiary/aromatic N) is 1. The van der Waals surface area contributed by atoms with Gasteiger partial charge in [-0.1, -0.05) is 23.7 Å². The average molecular weight is 363 g/mol. The molecule has 22 heavy (non-hydrogen) atoms. The molecule has 0 fully saturated rings. The zero-order chi connectivity index (χ0) is 16.3. The summed E-state index contributed by atoms with van der Waals surface area (Å²) in [6.07, 6.45) is 0. The maximum atomic E-state index is 13.0. The van der Waals surface area contributed by atoms with Crippen LogP contribution < -0.4 is 4.72 Å². The fraction of sp³-hybridized carbons (Fsp3) is 0.286. The van der Waals surface area contributed by atoms with Crippen molar-refractivity contribution in [1.82, 2.24) is 9.62 Å². The van der Waals surface area contributed by atoms with Gasteiger partial charge in [0.05, 0.1) is 4.34 Å². The first kappa shape index (κ1) is 17.4. The van der Waals surface area contributed by atoms with Crippen LogP contribution in [0.15, 0.2) is 40.6 Å². The highest BCUT2D eigenvalue weighted by Crippen LogP contribution is 2.26. The molecule has 8 heteroatoms. The summed E-state index contributed by atoms with van der Waals surface area (Å²) in [5.41, 5.74) is 0.832. The normalized spacial score (nSPS) is 13.5. The van der Waals surface area contributed by atoms with Crippen molar-refractivity contribution in [3.05, 3.63) is 52.1 Å². The molecule has 2 aromatic rings. The van der Waals surface area contributed by atoms with Crippen LogP contribution in [0.5, 0.6) is 0 Å². The smallest absolute Gasteiger partial charge is 0.250 e. The first-order valence-electron chi connectivity index (χ1n) is 6.46. The van der Waals surface area contributed by atoms with Crippen molar-refractivity contribution in [3.8, 4) is 0 Å². The van der Waals surface area contributed by atoms with Gasteiger partial charge in [-0.2, -0.15) is 0 Å². The molecule has 0 aliphatic carbocycles. The molecule has 1 atom stereocenters. The fourth-order valence-electron chi connectivity index (χ4n) is 1.99. The molecule has 1 aromatic heterocycles. The Morgan fingerprint density at radius 3 is 2.36 bits per heavy atom. The third kappa shape index (κ3) is 4.27. The first-order valence-corrected chi connectivity index (χ1v) is 9.14. The van der Waals surface area contributed by atoms with Crippen LogP contribution in [0, 0.1) is 5.82 Å². The number of hydrogen-bond donors (Lipinski definition) is 1. The molecule has 1 unspecified atom stereocenters. The molecular weight excluding hydrogens is 347 g/mol. The van der Waals surface area contributed by atoms with Crippen molar-refractivity contribution < 1.29 is 12.8 Å². The summed E-state index contributed by atoms with van der Waals surface area (Å²) in [6.45, 7) is 0.177. The van der Waals surface area contributed by atoms with E-state index >= 15 is 0 Å². The Morgan fingerprint density at radius 1 is 1.23 bits per heavy atom. The van der Waals surface area contributed by atoms with E-state index in [-0.39, 0.29) is 22.6 Å². The van der Waals surface area contributed by atoms with E-state index in [1.807, 2.05) is 19.0 Å². The Bertz CT molecular complexity index is 730. The van der Waals surface area contributed by atoms with E-state index in [0.717, 1.165) is 16.9 Å². The Morgan fingerprint density at radius 2 is 1.86 bits per heavy atom. The molecule has 1 heterocycles. The van der Waals surface area contributed by atoms with Gasteiger partial charge in [0.25, 0.3) is 0 Å². The second kappa shape index (κ2) is 7.06. The van der Waals surface area contributed by atoms with Gasteiger partial charge in [0.15, 0.2) is 0 Å². The van der Waals surface area contributed by atoms with Crippen LogP contribution in [0.4, 0.5) is 4.39 Å². The molecule has 0 aliphatic heterocycles. The maximum Gasteiger partial charge on any atom is 0.250 e. The van der Waals surface area contributed by atoms with Crippen LogP contribution in [0.2, 0.25) is 4.34 Å². The lowest BCUT2D eigenvalue weighted by molar-refractivity contribution is 0.299. The van der Waals surface area contributed by atoms with Gasteiger partial charge in [0.1, 0.15) is 10.0 Å². The largest absolute Gasteiger partial charge is 0.301 e. The molecule has 0 amide bonds. The van der Waals surface area contributed by atoms with Crippen LogP contribution >= 0.6 is 22.9 Å². The van der Waals surface area contributed by atoms with Gasteiger partial charge in [0, 0.05) is 12.6 Å². The quantitative estimate of drug-likeness (QED) is 0.858. The lowest BCUT2D eigenvalue weighted by atomic mass is 10.1. The molecular formula is C14H16ClFN2O2S2. The molecule has 4 nitrogen and oxygen atoms in total. The number of likely N-dealkylation sites (N-methyl/N-ethyl adjacent to an activating group) is 1. The van der Waals surface area contributed by atoms with Crippen molar-refractivity contribution in [1.29, 1.82) is 0 Å². The van der Waals surface area contributed by atoms with Crippen molar-refractivity contribution in [2.75, 3.05) is 20.6 Å². The van der Waals surface area contributed by atoms with E-state index < -0.39 is 10.0 Å². The van der Waals surface area contributed by atoms with Gasteiger partial charge >= 0.3 is 0 Å². The zero-order valence-electron chi connectivity index (χ0n) is 12.1. The van der Waals surface area contributed by atoms with Crippen molar-refractivity contribution in [3.63, 3.8) is 0 Å². The number of sulfonamides is 1. The molecule has 1 aromatic carbocycles. The summed E-state index contributed by atoms with van der Waals surface area (Å²) in [4.78, 5) is 1.87. The highest BCUT2D eigenvalue weighted by molar-refractivity contribution is 7.91. The average Bonchev–Trinajstić information content (AvgIpc) is 2.88. The number of halogens is 2. The number of benzene rings is 1. The monoisotopic (exact) mass is 362 g/mol. The molecule has 0 spiro atoms. The second-order valence-electron chi connectivity index (χ2n) is 4.94. The molecule has 120 valence electrons. The van der Waals surface area contributed by atoms with Crippen molar-refractivity contribution in [2.24, 2.45) is 0 Å². The second-order valence-corrected chi connectivity index (χ2v) is 8.65. The van der Waals surface area contributed by atoms with Gasteiger partial charge in [0.2, 0.25) is 10.0 Å². The summed E-state index contributed by atoms with van der Waals surface area (Å²) in [5.74, 6) is -0.324. The molecule has 0 saturated heterocycles. The Kier molecular flexibility index (Phi) is 5.57. The summed E-state index contributed by atoms with van der Waals surface area (Å²) in [5, 5.41) is 0. The first-order chi connectivity index (χ1) is 10.3. The van der Waals surface area contributed by atoms with Gasteiger partial charge in [-0.25, -0.2) is 17.5 Å². The van der Waals surface area contributed by atoms with Gasteiger partial charge in [-0.05, 0) is 43.9 Å². The lowest BCUT2D eigenvalue weighted by Crippen LogP contribution is -2.34. The van der Waals surface area contributed by atoms with Gasteiger partial charge < -0.3 is 4.90 Å². The van der Waals surface area contributed by atoms with Crippen LogP contribution in [-0.2, 0) is 10.0 Å². The zero-order valence-corrected chi connectivity index (χ0v) is 14.5. The predicted molar refractivity (Wildman–Crippen MR) is 87.3 cm³/mol. The number of thiophene rings is 1. The summed E-state index contributed by atoms with van der Waals surface area (Å²) in [6, 6.07) is 8.83. The van der Waals surface area contributed by atoms with Crippen molar-refractivity contribution in [2.45, 2.75) is 10.3 Å². The fourth-order valence-corrected chi connectivity index (χ4v) is 4.55. The minimum Gasteiger partial charge on any atom is -0.301 e. The number of rotatable bonds is 6. The van der Waals surface area contributed by atoms with E-state index in [2.05, 4.69) is 4.72 Å². The lowest BCUT2D eigenvalue weighted by Gasteiger charge is -2.25. The SMILES string of the molecule is CN(C)C(CNS(=O)(=O)c1ccc(Cl)s1)c1ccc(F)cc1. The van der Waals surface area contributed by atoms with Crippen LogP contribution in [0.25, 0.3) is 0 Å².